The van der Waals surface area contributed by atoms with E-state index in [2.05, 4.69) is 17.1 Å². The first-order valence-electron chi connectivity index (χ1n) is 8.68. The zero-order valence-corrected chi connectivity index (χ0v) is 14.9. The van der Waals surface area contributed by atoms with Gasteiger partial charge in [0.15, 0.2) is 11.5 Å². The van der Waals surface area contributed by atoms with Crippen LogP contribution in [0, 0.1) is 0 Å². The Morgan fingerprint density at radius 3 is 2.64 bits per heavy atom. The number of para-hydroxylation sites is 2. The summed E-state index contributed by atoms with van der Waals surface area (Å²) < 4.78 is 11.7. The van der Waals surface area contributed by atoms with Crippen LogP contribution in [0.25, 0.3) is 0 Å². The Labute approximate surface area is 148 Å². The van der Waals surface area contributed by atoms with Crippen molar-refractivity contribution in [3.63, 3.8) is 0 Å². The van der Waals surface area contributed by atoms with E-state index in [9.17, 15) is 4.79 Å². The second-order valence-corrected chi connectivity index (χ2v) is 5.96. The van der Waals surface area contributed by atoms with Crippen LogP contribution in [0.3, 0.4) is 0 Å². The summed E-state index contributed by atoms with van der Waals surface area (Å²) in [5.41, 5.74) is 2.47. The molecule has 5 nitrogen and oxygen atoms in total. The molecule has 2 aromatic carbocycles. The first-order chi connectivity index (χ1) is 12.2. The fourth-order valence-corrected chi connectivity index (χ4v) is 3.07. The Balaban J connectivity index is 2.04. The maximum Gasteiger partial charge on any atom is 0.255 e. The topological polar surface area (TPSA) is 50.8 Å². The van der Waals surface area contributed by atoms with Gasteiger partial charge in [-0.05, 0) is 31.5 Å². The Bertz CT molecular complexity index is 760. The van der Waals surface area contributed by atoms with Gasteiger partial charge >= 0.3 is 0 Å². The van der Waals surface area contributed by atoms with Gasteiger partial charge in [-0.3, -0.25) is 4.79 Å². The molecule has 1 amide bonds. The predicted molar refractivity (Wildman–Crippen MR) is 98.4 cm³/mol. The molecule has 132 valence electrons. The highest BCUT2D eigenvalue weighted by atomic mass is 16.5. The Hall–Kier alpha value is -2.69. The highest BCUT2D eigenvalue weighted by Crippen LogP contribution is 2.39. The molecule has 0 aromatic heterocycles. The minimum absolute atomic E-state index is 0.0815. The number of amides is 1. The van der Waals surface area contributed by atoms with Crippen LogP contribution in [0.4, 0.5) is 5.69 Å². The van der Waals surface area contributed by atoms with Gasteiger partial charge in [0.25, 0.3) is 5.91 Å². The van der Waals surface area contributed by atoms with Crippen molar-refractivity contribution in [3.8, 4) is 11.5 Å². The van der Waals surface area contributed by atoms with Gasteiger partial charge in [-0.1, -0.05) is 31.2 Å². The Kier molecular flexibility index (Phi) is 5.12. The molecule has 0 saturated heterocycles. The van der Waals surface area contributed by atoms with Gasteiger partial charge in [0.05, 0.1) is 24.5 Å². The van der Waals surface area contributed by atoms with E-state index < -0.39 is 0 Å². The van der Waals surface area contributed by atoms with E-state index in [4.69, 9.17) is 9.47 Å². The summed E-state index contributed by atoms with van der Waals surface area (Å²) in [5.74, 6) is 1.32. The number of nitrogens with one attached hydrogen (secondary N) is 1. The standard InChI is InChI=1S/C20H24N2O3/c1-4-13-25-18-15(10-8-12-17(18)24-5-2)19-21-20(23)14-9-6-7-11-16(14)22(19)3/h6-12,19H,4-5,13H2,1-3H3,(H,21,23). The molecule has 0 aliphatic carbocycles. The number of hydrogen-bond donors (Lipinski definition) is 1. The van der Waals surface area contributed by atoms with Crippen molar-refractivity contribution >= 4 is 11.6 Å². The lowest BCUT2D eigenvalue weighted by atomic mass is 10.0. The molecule has 1 unspecified atom stereocenters. The molecule has 1 N–H and O–H groups in total. The average Bonchev–Trinajstić information content (AvgIpc) is 2.64. The SMILES string of the molecule is CCCOc1c(OCC)cccc1C1NC(=O)c2ccccc2N1C. The number of carbonyl (C=O) groups excluding carboxylic acids is 1. The summed E-state index contributed by atoms with van der Waals surface area (Å²) in [7, 11) is 1.97. The monoisotopic (exact) mass is 340 g/mol. The van der Waals surface area contributed by atoms with Gasteiger partial charge in [-0.15, -0.1) is 0 Å². The molecule has 25 heavy (non-hydrogen) atoms. The number of carbonyl (C=O) groups is 1. The molecule has 1 heterocycles. The van der Waals surface area contributed by atoms with E-state index in [0.29, 0.717) is 30.3 Å². The number of nitrogens with zero attached hydrogens (tertiary/aromatic N) is 1. The lowest BCUT2D eigenvalue weighted by Crippen LogP contribution is -2.44. The second kappa shape index (κ2) is 7.47. The van der Waals surface area contributed by atoms with Crippen LogP contribution in [0.5, 0.6) is 11.5 Å². The van der Waals surface area contributed by atoms with Crippen LogP contribution in [-0.4, -0.2) is 26.2 Å². The van der Waals surface area contributed by atoms with Crippen molar-refractivity contribution in [3.05, 3.63) is 53.6 Å². The minimum Gasteiger partial charge on any atom is -0.490 e. The van der Waals surface area contributed by atoms with Crippen LogP contribution in [0.15, 0.2) is 42.5 Å². The van der Waals surface area contributed by atoms with Crippen molar-refractivity contribution in [2.24, 2.45) is 0 Å². The van der Waals surface area contributed by atoms with Crippen molar-refractivity contribution in [1.82, 2.24) is 5.32 Å². The smallest absolute Gasteiger partial charge is 0.255 e. The maximum atomic E-state index is 12.5. The van der Waals surface area contributed by atoms with Gasteiger partial charge in [0.2, 0.25) is 0 Å². The van der Waals surface area contributed by atoms with E-state index in [1.54, 1.807) is 0 Å². The third-order valence-electron chi connectivity index (χ3n) is 4.24. The molecule has 3 rings (SSSR count). The molecule has 0 bridgehead atoms. The zero-order chi connectivity index (χ0) is 17.8. The summed E-state index contributed by atoms with van der Waals surface area (Å²) >= 11 is 0. The highest BCUT2D eigenvalue weighted by molar-refractivity contribution is 6.02. The molecule has 1 aliphatic heterocycles. The Morgan fingerprint density at radius 2 is 1.88 bits per heavy atom. The molecule has 1 atom stereocenters. The largest absolute Gasteiger partial charge is 0.490 e. The summed E-state index contributed by atoms with van der Waals surface area (Å²) in [6.07, 6.45) is 0.588. The molecular weight excluding hydrogens is 316 g/mol. The number of fused-ring (bicyclic) bond motifs is 1. The third kappa shape index (κ3) is 3.27. The van der Waals surface area contributed by atoms with E-state index in [0.717, 1.165) is 17.7 Å². The fraction of sp³-hybridized carbons (Fsp3) is 0.350. The Morgan fingerprint density at radius 1 is 1.08 bits per heavy atom. The minimum atomic E-state index is -0.310. The molecule has 0 fully saturated rings. The molecule has 0 spiro atoms. The third-order valence-corrected chi connectivity index (χ3v) is 4.24. The van der Waals surface area contributed by atoms with Gasteiger partial charge in [0.1, 0.15) is 6.17 Å². The van der Waals surface area contributed by atoms with E-state index in [1.807, 2.05) is 56.4 Å². The van der Waals surface area contributed by atoms with Crippen molar-refractivity contribution in [2.45, 2.75) is 26.4 Å². The van der Waals surface area contributed by atoms with Crippen LogP contribution >= 0.6 is 0 Å². The summed E-state index contributed by atoms with van der Waals surface area (Å²) in [5, 5.41) is 3.08. The number of ether oxygens (including phenoxy) is 2. The van der Waals surface area contributed by atoms with Crippen molar-refractivity contribution < 1.29 is 14.3 Å². The first-order valence-corrected chi connectivity index (χ1v) is 8.68. The number of benzene rings is 2. The highest BCUT2D eigenvalue weighted by Gasteiger charge is 2.31. The summed E-state index contributed by atoms with van der Waals surface area (Å²) in [6.45, 7) is 5.16. The summed E-state index contributed by atoms with van der Waals surface area (Å²) in [6, 6.07) is 13.4. The van der Waals surface area contributed by atoms with Crippen molar-refractivity contribution in [1.29, 1.82) is 0 Å². The van der Waals surface area contributed by atoms with Crippen LogP contribution < -0.4 is 19.7 Å². The second-order valence-electron chi connectivity index (χ2n) is 5.96. The van der Waals surface area contributed by atoms with Gasteiger partial charge in [-0.25, -0.2) is 0 Å². The number of rotatable bonds is 6. The fourth-order valence-electron chi connectivity index (χ4n) is 3.07. The van der Waals surface area contributed by atoms with Gasteiger partial charge in [-0.2, -0.15) is 0 Å². The van der Waals surface area contributed by atoms with Crippen LogP contribution in [-0.2, 0) is 0 Å². The summed E-state index contributed by atoms with van der Waals surface area (Å²) in [4.78, 5) is 14.6. The number of anilines is 1. The van der Waals surface area contributed by atoms with Crippen molar-refractivity contribution in [2.75, 3.05) is 25.2 Å². The molecule has 0 radical (unpaired) electrons. The lowest BCUT2D eigenvalue weighted by molar-refractivity contribution is 0.0927. The zero-order valence-electron chi connectivity index (χ0n) is 14.9. The molecule has 5 heteroatoms. The lowest BCUT2D eigenvalue weighted by Gasteiger charge is -2.37. The first kappa shape index (κ1) is 17.1. The van der Waals surface area contributed by atoms with Crippen LogP contribution in [0.2, 0.25) is 0 Å². The van der Waals surface area contributed by atoms with E-state index >= 15 is 0 Å². The van der Waals surface area contributed by atoms with E-state index in [1.165, 1.54) is 0 Å². The van der Waals surface area contributed by atoms with E-state index in [-0.39, 0.29) is 12.1 Å². The molecule has 0 saturated carbocycles. The number of hydrogen-bond acceptors (Lipinski definition) is 4. The molecular formula is C20H24N2O3. The molecule has 1 aliphatic rings. The average molecular weight is 340 g/mol. The maximum absolute atomic E-state index is 12.5. The van der Waals surface area contributed by atoms with Gasteiger partial charge < -0.3 is 19.7 Å². The normalized spacial score (nSPS) is 16.2. The van der Waals surface area contributed by atoms with Gasteiger partial charge in [0, 0.05) is 12.6 Å². The van der Waals surface area contributed by atoms with Crippen LogP contribution in [0.1, 0.15) is 42.4 Å². The molecule has 2 aromatic rings. The quantitative estimate of drug-likeness (QED) is 0.870. The predicted octanol–water partition coefficient (Wildman–Crippen LogP) is 3.75.